The van der Waals surface area contributed by atoms with Crippen LogP contribution in [0.2, 0.25) is 0 Å². The monoisotopic (exact) mass is 378 g/mol. The molecule has 28 heavy (non-hydrogen) atoms. The number of ether oxygens (including phenoxy) is 2. The van der Waals surface area contributed by atoms with Gasteiger partial charge in [-0.05, 0) is 60.6 Å². The summed E-state index contributed by atoms with van der Waals surface area (Å²) in [5, 5.41) is 6.64. The zero-order chi connectivity index (χ0) is 19.1. The largest absolute Gasteiger partial charge is 0.497 e. The molecule has 4 atom stereocenters. The van der Waals surface area contributed by atoms with Crippen LogP contribution in [-0.2, 0) is 6.54 Å². The van der Waals surface area contributed by atoms with Gasteiger partial charge in [0.05, 0.1) is 13.7 Å². The van der Waals surface area contributed by atoms with Crippen LogP contribution in [0.1, 0.15) is 46.7 Å². The van der Waals surface area contributed by atoms with Crippen molar-refractivity contribution in [3.63, 3.8) is 0 Å². The quantitative estimate of drug-likeness (QED) is 0.839. The van der Waals surface area contributed by atoms with Gasteiger partial charge in [0, 0.05) is 30.1 Å². The average molecular weight is 378 g/mol. The van der Waals surface area contributed by atoms with E-state index in [1.165, 1.54) is 18.4 Å². The average Bonchev–Trinajstić information content (AvgIpc) is 3.30. The van der Waals surface area contributed by atoms with E-state index in [1.807, 2.05) is 18.2 Å². The number of fused-ring (bicyclic) bond motifs is 3. The normalized spacial score (nSPS) is 28.0. The molecule has 3 heterocycles. The number of carbonyl (C=O) groups is 1. The lowest BCUT2D eigenvalue weighted by Gasteiger charge is -2.38. The van der Waals surface area contributed by atoms with E-state index in [0.717, 1.165) is 29.0 Å². The fraction of sp³-hybridized carbons (Fsp3) is 0.435. The molecule has 0 saturated carbocycles. The molecule has 5 heteroatoms. The van der Waals surface area contributed by atoms with Crippen LogP contribution in [0.25, 0.3) is 0 Å². The summed E-state index contributed by atoms with van der Waals surface area (Å²) in [5.41, 5.74) is 3.15. The minimum absolute atomic E-state index is 0.00507. The van der Waals surface area contributed by atoms with E-state index in [1.54, 1.807) is 7.11 Å². The van der Waals surface area contributed by atoms with E-state index in [4.69, 9.17) is 9.47 Å². The Morgan fingerprint density at radius 1 is 1.07 bits per heavy atom. The standard InChI is InChI=1S/C23H26N2O3/c1-27-17-6-2-14(3-7-17)19-10-16-5-9-22(25-16)21(19)13-28-18-8-4-15-12-24-23(26)20(15)11-18/h2-4,6-8,11,16,19,21-22,25H,5,9-10,12-13H2,1H3,(H,24,26)/t16-,19+,21+,22+/m1/s1. The highest BCUT2D eigenvalue weighted by Crippen LogP contribution is 2.42. The number of nitrogens with one attached hydrogen (secondary N) is 2. The number of hydrogen-bond donors (Lipinski definition) is 2. The second-order valence-electron chi connectivity index (χ2n) is 8.14. The molecule has 0 spiro atoms. The second kappa shape index (κ2) is 7.13. The summed E-state index contributed by atoms with van der Waals surface area (Å²) >= 11 is 0. The van der Waals surface area contributed by atoms with Gasteiger partial charge in [-0.2, -0.15) is 0 Å². The first kappa shape index (κ1) is 17.6. The summed E-state index contributed by atoms with van der Waals surface area (Å²) in [6.45, 7) is 1.27. The lowest BCUT2D eigenvalue weighted by molar-refractivity contribution is 0.0965. The van der Waals surface area contributed by atoms with Gasteiger partial charge in [-0.3, -0.25) is 4.79 Å². The molecule has 2 fully saturated rings. The van der Waals surface area contributed by atoms with Crippen LogP contribution in [0, 0.1) is 5.92 Å². The van der Waals surface area contributed by atoms with Gasteiger partial charge >= 0.3 is 0 Å². The van der Waals surface area contributed by atoms with E-state index in [2.05, 4.69) is 34.9 Å². The number of methoxy groups -OCH3 is 1. The molecule has 0 unspecified atom stereocenters. The highest BCUT2D eigenvalue weighted by molar-refractivity contribution is 5.98. The Balaban J connectivity index is 1.35. The van der Waals surface area contributed by atoms with Crippen LogP contribution in [-0.4, -0.2) is 31.7 Å². The molecule has 2 N–H and O–H groups in total. The lowest BCUT2D eigenvalue weighted by atomic mass is 9.77. The Bertz CT molecular complexity index is 880. The van der Waals surface area contributed by atoms with Gasteiger partial charge in [0.25, 0.3) is 5.91 Å². The summed E-state index contributed by atoms with van der Waals surface area (Å²) in [7, 11) is 1.70. The molecule has 0 radical (unpaired) electrons. The van der Waals surface area contributed by atoms with Gasteiger partial charge in [-0.15, -0.1) is 0 Å². The van der Waals surface area contributed by atoms with Gasteiger partial charge in [0.15, 0.2) is 0 Å². The molecule has 2 aromatic carbocycles. The molecule has 3 aliphatic rings. The van der Waals surface area contributed by atoms with E-state index < -0.39 is 0 Å². The topological polar surface area (TPSA) is 59.6 Å². The van der Waals surface area contributed by atoms with E-state index in [-0.39, 0.29) is 5.91 Å². The fourth-order valence-corrected chi connectivity index (χ4v) is 5.08. The minimum atomic E-state index is -0.00507. The highest BCUT2D eigenvalue weighted by atomic mass is 16.5. The molecule has 2 aromatic rings. The first-order valence-electron chi connectivity index (χ1n) is 10.1. The van der Waals surface area contributed by atoms with Gasteiger partial charge in [0.1, 0.15) is 11.5 Å². The van der Waals surface area contributed by atoms with E-state index in [9.17, 15) is 4.79 Å². The van der Waals surface area contributed by atoms with E-state index in [0.29, 0.717) is 37.1 Å². The number of piperidine rings is 1. The molecule has 5 rings (SSSR count). The Labute approximate surface area is 165 Å². The van der Waals surface area contributed by atoms with Crippen LogP contribution in [0.15, 0.2) is 42.5 Å². The van der Waals surface area contributed by atoms with Crippen LogP contribution < -0.4 is 20.1 Å². The molecule has 0 aliphatic carbocycles. The molecule has 3 aliphatic heterocycles. The molecule has 1 amide bonds. The van der Waals surface area contributed by atoms with Gasteiger partial charge in [-0.25, -0.2) is 0 Å². The number of hydrogen-bond acceptors (Lipinski definition) is 4. The number of carbonyl (C=O) groups excluding carboxylic acids is 1. The molecule has 2 saturated heterocycles. The predicted molar refractivity (Wildman–Crippen MR) is 107 cm³/mol. The molecule has 0 aromatic heterocycles. The van der Waals surface area contributed by atoms with Crippen molar-refractivity contribution in [2.75, 3.05) is 13.7 Å². The first-order valence-corrected chi connectivity index (χ1v) is 10.1. The van der Waals surface area contributed by atoms with Crippen LogP contribution >= 0.6 is 0 Å². The minimum Gasteiger partial charge on any atom is -0.497 e. The van der Waals surface area contributed by atoms with Crippen molar-refractivity contribution >= 4 is 5.91 Å². The SMILES string of the molecule is COc1ccc([C@@H]2C[C@H]3CC[C@H](N3)[C@H]2COc2ccc3c(c2)C(=O)NC3)cc1. The number of benzene rings is 2. The zero-order valence-electron chi connectivity index (χ0n) is 16.1. The smallest absolute Gasteiger partial charge is 0.252 e. The molecular formula is C23H26N2O3. The number of amides is 1. The molecular weight excluding hydrogens is 352 g/mol. The van der Waals surface area contributed by atoms with Gasteiger partial charge in [0.2, 0.25) is 0 Å². The van der Waals surface area contributed by atoms with Crippen LogP contribution in [0.3, 0.4) is 0 Å². The number of rotatable bonds is 5. The van der Waals surface area contributed by atoms with Crippen molar-refractivity contribution in [1.29, 1.82) is 0 Å². The summed E-state index contributed by atoms with van der Waals surface area (Å²) < 4.78 is 11.5. The van der Waals surface area contributed by atoms with Gasteiger partial charge < -0.3 is 20.1 Å². The highest BCUT2D eigenvalue weighted by Gasteiger charge is 2.42. The Hall–Kier alpha value is -2.53. The first-order chi connectivity index (χ1) is 13.7. The van der Waals surface area contributed by atoms with Crippen molar-refractivity contribution in [2.45, 2.75) is 43.8 Å². The molecule has 2 bridgehead atoms. The summed E-state index contributed by atoms with van der Waals surface area (Å²) in [6.07, 6.45) is 3.59. The summed E-state index contributed by atoms with van der Waals surface area (Å²) in [4.78, 5) is 11.9. The molecule has 146 valence electrons. The van der Waals surface area contributed by atoms with Gasteiger partial charge in [-0.1, -0.05) is 18.2 Å². The third kappa shape index (κ3) is 3.14. The Kier molecular flexibility index (Phi) is 4.47. The van der Waals surface area contributed by atoms with Crippen molar-refractivity contribution in [1.82, 2.24) is 10.6 Å². The lowest BCUT2D eigenvalue weighted by Crippen LogP contribution is -2.46. The zero-order valence-corrected chi connectivity index (χ0v) is 16.1. The maximum absolute atomic E-state index is 11.9. The summed E-state index contributed by atoms with van der Waals surface area (Å²) in [5.74, 6) is 2.56. The Morgan fingerprint density at radius 2 is 1.89 bits per heavy atom. The van der Waals surface area contributed by atoms with Crippen molar-refractivity contribution < 1.29 is 14.3 Å². The third-order valence-corrected chi connectivity index (χ3v) is 6.60. The van der Waals surface area contributed by atoms with Crippen LogP contribution in [0.5, 0.6) is 11.5 Å². The van der Waals surface area contributed by atoms with Crippen molar-refractivity contribution in [3.8, 4) is 11.5 Å². The Morgan fingerprint density at radius 3 is 2.71 bits per heavy atom. The second-order valence-corrected chi connectivity index (χ2v) is 8.14. The van der Waals surface area contributed by atoms with E-state index >= 15 is 0 Å². The van der Waals surface area contributed by atoms with Crippen molar-refractivity contribution in [3.05, 3.63) is 59.2 Å². The summed E-state index contributed by atoms with van der Waals surface area (Å²) in [6, 6.07) is 15.5. The maximum Gasteiger partial charge on any atom is 0.252 e. The third-order valence-electron chi connectivity index (χ3n) is 6.60. The van der Waals surface area contributed by atoms with Crippen molar-refractivity contribution in [2.24, 2.45) is 5.92 Å². The van der Waals surface area contributed by atoms with Crippen LogP contribution in [0.4, 0.5) is 0 Å². The molecule has 5 nitrogen and oxygen atoms in total. The maximum atomic E-state index is 11.9. The fourth-order valence-electron chi connectivity index (χ4n) is 5.08. The predicted octanol–water partition coefficient (Wildman–Crippen LogP) is 3.24.